The first-order valence-electron chi connectivity index (χ1n) is 11.9. The topological polar surface area (TPSA) is 71.3 Å². The summed E-state index contributed by atoms with van der Waals surface area (Å²) in [6.07, 6.45) is 0.736. The van der Waals surface area contributed by atoms with Crippen molar-refractivity contribution in [2.24, 2.45) is 0 Å². The molecule has 0 bridgehead atoms. The summed E-state index contributed by atoms with van der Waals surface area (Å²) < 4.78 is 18.8. The van der Waals surface area contributed by atoms with Crippen LogP contribution in [0.15, 0.2) is 54.1 Å². The molecule has 0 aliphatic carbocycles. The van der Waals surface area contributed by atoms with Crippen LogP contribution in [0.25, 0.3) is 5.76 Å². The van der Waals surface area contributed by atoms with Crippen molar-refractivity contribution in [3.05, 3.63) is 76.6 Å². The van der Waals surface area contributed by atoms with Crippen LogP contribution in [-0.2, 0) is 14.3 Å². The minimum atomic E-state index is -0.710. The molecule has 2 aliphatic heterocycles. The van der Waals surface area contributed by atoms with Gasteiger partial charge >= 0.3 is 0 Å². The van der Waals surface area contributed by atoms with E-state index in [2.05, 4.69) is 13.8 Å². The Morgan fingerprint density at radius 3 is 2.35 bits per heavy atom. The van der Waals surface area contributed by atoms with Crippen LogP contribution in [0.1, 0.15) is 48.9 Å². The smallest absolute Gasteiger partial charge is 0.295 e. The van der Waals surface area contributed by atoms with Gasteiger partial charge in [-0.3, -0.25) is 9.59 Å². The highest BCUT2D eigenvalue weighted by Crippen LogP contribution is 2.39. The number of ketones is 1. The zero-order valence-electron chi connectivity index (χ0n) is 19.7. The van der Waals surface area contributed by atoms with E-state index in [9.17, 15) is 19.1 Å². The molecule has 2 aromatic rings. The number of nitrogens with zero attached hydrogens (tertiary/aromatic N) is 1. The van der Waals surface area contributed by atoms with E-state index >= 15 is 0 Å². The maximum atomic E-state index is 13.4. The number of carbonyl (C=O) groups excluding carboxylic acids is 2. The molecule has 1 atom stereocenters. The number of amides is 1. The van der Waals surface area contributed by atoms with Crippen molar-refractivity contribution in [2.45, 2.75) is 32.2 Å². The van der Waals surface area contributed by atoms with Crippen LogP contribution >= 0.6 is 0 Å². The normalized spacial score (nSPS) is 20.9. The van der Waals surface area contributed by atoms with E-state index < -0.39 is 23.5 Å². The summed E-state index contributed by atoms with van der Waals surface area (Å²) in [6.45, 7) is 8.83. The summed E-state index contributed by atoms with van der Waals surface area (Å²) >= 11 is 0. The monoisotopic (exact) mass is 467 g/mol. The number of ether oxygens (including phenoxy) is 1. The Kier molecular flexibility index (Phi) is 7.44. The van der Waals surface area contributed by atoms with Crippen LogP contribution in [0.2, 0.25) is 0 Å². The Balaban J connectivity index is 1.67. The quantitative estimate of drug-likeness (QED) is 0.373. The number of carbonyl (C=O) groups is 2. The van der Waals surface area contributed by atoms with Crippen molar-refractivity contribution >= 4 is 17.4 Å². The summed E-state index contributed by atoms with van der Waals surface area (Å²) in [6, 6.07) is 12.4. The third-order valence-corrected chi connectivity index (χ3v) is 6.71. The number of benzene rings is 2. The summed E-state index contributed by atoms with van der Waals surface area (Å²) in [4.78, 5) is 29.2. The Bertz CT molecular complexity index is 1060. The van der Waals surface area contributed by atoms with Crippen LogP contribution in [0.4, 0.5) is 4.39 Å². The lowest BCUT2D eigenvalue weighted by Crippen LogP contribution is -3.14. The second-order valence-corrected chi connectivity index (χ2v) is 9.29. The fraction of sp³-hybridized carbons (Fsp3) is 0.407. The number of rotatable bonds is 7. The summed E-state index contributed by atoms with van der Waals surface area (Å²) in [5, 5.41) is 11.1. The third-order valence-electron chi connectivity index (χ3n) is 6.71. The molecule has 4 rings (SSSR count). The van der Waals surface area contributed by atoms with Crippen LogP contribution in [0, 0.1) is 5.82 Å². The molecule has 1 amide bonds. The van der Waals surface area contributed by atoms with E-state index in [1.54, 1.807) is 4.90 Å². The van der Waals surface area contributed by atoms with Gasteiger partial charge in [-0.25, -0.2) is 4.39 Å². The highest BCUT2D eigenvalue weighted by atomic mass is 19.1. The molecule has 6 nitrogen and oxygen atoms in total. The second-order valence-electron chi connectivity index (χ2n) is 9.29. The number of aliphatic hydroxyl groups excluding tert-OH is 1. The number of Topliss-reactive ketones (excluding diaryl/α,β-unsaturated/α-hetero) is 1. The number of hydrogen-bond acceptors (Lipinski definition) is 4. The van der Waals surface area contributed by atoms with Gasteiger partial charge in [0.05, 0.1) is 31.4 Å². The zero-order valence-corrected chi connectivity index (χ0v) is 19.7. The molecule has 2 fully saturated rings. The van der Waals surface area contributed by atoms with Gasteiger partial charge in [0.2, 0.25) is 0 Å². The molecule has 2 aromatic carbocycles. The predicted octanol–water partition coefficient (Wildman–Crippen LogP) is 2.68. The van der Waals surface area contributed by atoms with E-state index in [4.69, 9.17) is 4.74 Å². The molecule has 0 unspecified atom stereocenters. The van der Waals surface area contributed by atoms with Gasteiger partial charge in [0.1, 0.15) is 24.7 Å². The van der Waals surface area contributed by atoms with Gasteiger partial charge in [-0.2, -0.15) is 0 Å². The summed E-state index contributed by atoms with van der Waals surface area (Å²) in [5.74, 6) is -1.70. The number of hydrogen-bond donors (Lipinski definition) is 2. The molecule has 34 heavy (non-hydrogen) atoms. The Labute approximate surface area is 199 Å². The van der Waals surface area contributed by atoms with Crippen LogP contribution in [0.3, 0.4) is 0 Å². The standard InChI is InChI=1S/C27H31FN2O4/c1-18(2)19-4-6-20(7-5-19)24-23(25(31)21-8-10-22(28)11-9-21)26(32)27(33)30(24)13-3-12-29-14-16-34-17-15-29/h4-11,18,24,31H,3,12-17H2,1-2H3/p+1/t24-/m0/s1. The van der Waals surface area contributed by atoms with Crippen molar-refractivity contribution < 1.29 is 28.7 Å². The van der Waals surface area contributed by atoms with Crippen LogP contribution in [-0.4, -0.2) is 61.1 Å². The minimum absolute atomic E-state index is 0.0487. The molecular weight excluding hydrogens is 435 g/mol. The molecule has 2 aliphatic rings. The first-order valence-corrected chi connectivity index (χ1v) is 11.9. The lowest BCUT2D eigenvalue weighted by molar-refractivity contribution is -0.908. The van der Waals surface area contributed by atoms with Crippen LogP contribution < -0.4 is 4.90 Å². The molecule has 0 aromatic heterocycles. The summed E-state index contributed by atoms with van der Waals surface area (Å²) in [7, 11) is 0. The van der Waals surface area contributed by atoms with Crippen molar-refractivity contribution in [1.82, 2.24) is 4.90 Å². The van der Waals surface area contributed by atoms with Crippen LogP contribution in [0.5, 0.6) is 0 Å². The number of morpholine rings is 1. The number of likely N-dealkylation sites (tertiary alicyclic amines) is 1. The van der Waals surface area contributed by atoms with Crippen molar-refractivity contribution in [3.63, 3.8) is 0 Å². The molecule has 0 spiro atoms. The molecule has 2 N–H and O–H groups in total. The van der Waals surface area contributed by atoms with Crippen molar-refractivity contribution in [2.75, 3.05) is 39.4 Å². The number of halogens is 1. The molecule has 0 radical (unpaired) electrons. The lowest BCUT2D eigenvalue weighted by Gasteiger charge is -2.27. The van der Waals surface area contributed by atoms with Gasteiger partial charge < -0.3 is 19.6 Å². The molecule has 2 heterocycles. The Morgan fingerprint density at radius 1 is 1.09 bits per heavy atom. The highest BCUT2D eigenvalue weighted by Gasteiger charge is 2.45. The van der Waals surface area contributed by atoms with Gasteiger partial charge in [0.15, 0.2) is 0 Å². The Morgan fingerprint density at radius 2 is 1.74 bits per heavy atom. The Hall–Kier alpha value is -3.03. The average molecular weight is 468 g/mol. The predicted molar refractivity (Wildman–Crippen MR) is 127 cm³/mol. The second kappa shape index (κ2) is 10.5. The van der Waals surface area contributed by atoms with E-state index in [0.29, 0.717) is 18.0 Å². The van der Waals surface area contributed by atoms with E-state index in [-0.39, 0.29) is 11.3 Å². The molecular formula is C27H32FN2O4+. The fourth-order valence-corrected chi connectivity index (χ4v) is 4.69. The van der Waals surface area contributed by atoms with E-state index in [0.717, 1.165) is 50.4 Å². The maximum absolute atomic E-state index is 13.4. The molecule has 2 saturated heterocycles. The molecule has 180 valence electrons. The SMILES string of the molecule is CC(C)c1ccc([C@H]2C(=C(O)c3ccc(F)cc3)C(=O)C(=O)N2CCC[NH+]2CCOCC2)cc1. The van der Waals surface area contributed by atoms with Gasteiger partial charge in [-0.15, -0.1) is 0 Å². The minimum Gasteiger partial charge on any atom is -0.507 e. The first-order chi connectivity index (χ1) is 16.4. The average Bonchev–Trinajstić information content (AvgIpc) is 3.10. The van der Waals surface area contributed by atoms with Gasteiger partial charge in [-0.05, 0) is 41.3 Å². The van der Waals surface area contributed by atoms with E-state index in [1.807, 2.05) is 24.3 Å². The van der Waals surface area contributed by atoms with Crippen molar-refractivity contribution in [3.8, 4) is 0 Å². The van der Waals surface area contributed by atoms with Crippen molar-refractivity contribution in [1.29, 1.82) is 0 Å². The fourth-order valence-electron chi connectivity index (χ4n) is 4.69. The molecule has 0 saturated carbocycles. The zero-order chi connectivity index (χ0) is 24.2. The molecule has 7 heteroatoms. The lowest BCUT2D eigenvalue weighted by atomic mass is 9.93. The summed E-state index contributed by atoms with van der Waals surface area (Å²) in [5.41, 5.74) is 2.27. The third kappa shape index (κ3) is 5.05. The number of nitrogens with one attached hydrogen (secondary N) is 1. The van der Waals surface area contributed by atoms with E-state index in [1.165, 1.54) is 29.2 Å². The number of quaternary nitrogens is 1. The maximum Gasteiger partial charge on any atom is 0.295 e. The van der Waals surface area contributed by atoms with Gasteiger partial charge in [0, 0.05) is 18.5 Å². The highest BCUT2D eigenvalue weighted by molar-refractivity contribution is 6.46. The number of aliphatic hydroxyl groups is 1. The van der Waals surface area contributed by atoms with Gasteiger partial charge in [-0.1, -0.05) is 38.1 Å². The first kappa shape index (κ1) is 24.1. The largest absolute Gasteiger partial charge is 0.507 e. The van der Waals surface area contributed by atoms with Gasteiger partial charge in [0.25, 0.3) is 11.7 Å².